The van der Waals surface area contributed by atoms with Crippen LogP contribution in [-0.4, -0.2) is 51.5 Å². The molecular weight excluding hydrogens is 260 g/mol. The first-order valence-corrected chi connectivity index (χ1v) is 4.80. The van der Waals surface area contributed by atoms with E-state index in [2.05, 4.69) is 34.7 Å². The Kier molecular flexibility index (Phi) is 3.10. The molecule has 0 atom stereocenters. The lowest BCUT2D eigenvalue weighted by atomic mass is 10.3. The molecule has 0 aliphatic heterocycles. The number of hydrogen-bond acceptors (Lipinski definition) is 10. The number of nitrogen functional groups attached to an aromatic ring is 1. The first-order valence-electron chi connectivity index (χ1n) is 4.80. The lowest BCUT2D eigenvalue weighted by molar-refractivity contribution is 0.0545. The molecule has 2 rings (SSSR count). The molecule has 19 heavy (non-hydrogen) atoms. The highest BCUT2D eigenvalue weighted by atomic mass is 16.6. The molecular formula is C8H8N6O5. The zero-order chi connectivity index (χ0) is 14.0. The van der Waals surface area contributed by atoms with Gasteiger partial charge in [-0.15, -0.1) is 5.10 Å². The van der Waals surface area contributed by atoms with Crippen LogP contribution in [0, 0.1) is 0 Å². The maximum Gasteiger partial charge on any atom is 0.361 e. The summed E-state index contributed by atoms with van der Waals surface area (Å²) in [5.41, 5.74) is 4.85. The number of aromatic nitrogens is 5. The number of hydrogen-bond donors (Lipinski definition) is 1. The minimum absolute atomic E-state index is 0.0944. The molecule has 0 radical (unpaired) electrons. The van der Waals surface area contributed by atoms with Crippen LogP contribution in [0.5, 0.6) is 0 Å². The first-order chi connectivity index (χ1) is 9.10. The van der Waals surface area contributed by atoms with Crippen LogP contribution in [0.3, 0.4) is 0 Å². The number of nitrogens with two attached hydrogens (primary N) is 1. The molecule has 0 unspecified atom stereocenters. The highest BCUT2D eigenvalue weighted by Crippen LogP contribution is 2.16. The topological polar surface area (TPSA) is 148 Å². The molecule has 0 aromatic carbocycles. The largest absolute Gasteiger partial charge is 0.464 e. The van der Waals surface area contributed by atoms with Gasteiger partial charge in [-0.25, -0.2) is 14.2 Å². The van der Waals surface area contributed by atoms with E-state index in [1.54, 1.807) is 0 Å². The summed E-state index contributed by atoms with van der Waals surface area (Å²) < 4.78 is 14.3. The molecule has 0 spiro atoms. The molecule has 0 amide bonds. The minimum atomic E-state index is -0.868. The Bertz CT molecular complexity index is 631. The number of ether oxygens (including phenoxy) is 2. The van der Waals surface area contributed by atoms with Crippen molar-refractivity contribution in [2.45, 2.75) is 0 Å². The normalized spacial score (nSPS) is 10.2. The van der Waals surface area contributed by atoms with Crippen LogP contribution in [0.4, 0.5) is 5.82 Å². The van der Waals surface area contributed by atoms with Crippen LogP contribution < -0.4 is 5.73 Å². The van der Waals surface area contributed by atoms with Crippen molar-refractivity contribution in [2.24, 2.45) is 0 Å². The SMILES string of the molecule is COC(=O)c1nnn(-c2nonc2N)c1C(=O)OC. The van der Waals surface area contributed by atoms with E-state index in [0.717, 1.165) is 18.9 Å². The van der Waals surface area contributed by atoms with Gasteiger partial charge in [0.05, 0.1) is 14.2 Å². The number of esters is 2. The van der Waals surface area contributed by atoms with Crippen LogP contribution in [0.25, 0.3) is 5.82 Å². The predicted molar refractivity (Wildman–Crippen MR) is 56.3 cm³/mol. The number of nitrogens with zero attached hydrogens (tertiary/aromatic N) is 5. The Labute approximate surface area is 105 Å². The molecule has 0 aliphatic carbocycles. The maximum absolute atomic E-state index is 11.7. The smallest absolute Gasteiger partial charge is 0.361 e. The van der Waals surface area contributed by atoms with E-state index in [1.807, 2.05) is 0 Å². The quantitative estimate of drug-likeness (QED) is 0.673. The third kappa shape index (κ3) is 1.96. The molecule has 0 bridgehead atoms. The van der Waals surface area contributed by atoms with Crippen LogP contribution >= 0.6 is 0 Å². The van der Waals surface area contributed by atoms with Gasteiger partial charge >= 0.3 is 11.9 Å². The number of carbonyl (C=O) groups is 2. The summed E-state index contributed by atoms with van der Waals surface area (Å²) >= 11 is 0. The summed E-state index contributed by atoms with van der Waals surface area (Å²) in [6, 6.07) is 0. The highest BCUT2D eigenvalue weighted by molar-refractivity contribution is 6.00. The summed E-state index contributed by atoms with van der Waals surface area (Å²) in [6.45, 7) is 0. The number of carbonyl (C=O) groups excluding carboxylic acids is 2. The highest BCUT2D eigenvalue weighted by Gasteiger charge is 2.29. The molecule has 2 heterocycles. The van der Waals surface area contributed by atoms with Gasteiger partial charge in [0, 0.05) is 0 Å². The van der Waals surface area contributed by atoms with Crippen molar-refractivity contribution in [1.29, 1.82) is 0 Å². The molecule has 2 aromatic heterocycles. The van der Waals surface area contributed by atoms with Crippen molar-refractivity contribution in [1.82, 2.24) is 25.3 Å². The van der Waals surface area contributed by atoms with Gasteiger partial charge < -0.3 is 15.2 Å². The fraction of sp³-hybridized carbons (Fsp3) is 0.250. The van der Waals surface area contributed by atoms with Gasteiger partial charge in [0.25, 0.3) is 0 Å². The van der Waals surface area contributed by atoms with E-state index in [1.165, 1.54) is 0 Å². The molecule has 0 fully saturated rings. The summed E-state index contributed by atoms with van der Waals surface area (Å²) in [4.78, 5) is 23.2. The van der Waals surface area contributed by atoms with Crippen LogP contribution in [-0.2, 0) is 9.47 Å². The Hall–Kier alpha value is -2.98. The average molecular weight is 268 g/mol. The second-order valence-electron chi connectivity index (χ2n) is 3.15. The summed E-state index contributed by atoms with van der Waals surface area (Å²) in [5.74, 6) is -1.95. The van der Waals surface area contributed by atoms with Crippen LogP contribution in [0.15, 0.2) is 4.63 Å². The molecule has 2 N–H and O–H groups in total. The van der Waals surface area contributed by atoms with Gasteiger partial charge in [0.15, 0.2) is 5.69 Å². The van der Waals surface area contributed by atoms with Gasteiger partial charge in [0.1, 0.15) is 0 Å². The lowest BCUT2D eigenvalue weighted by Gasteiger charge is -2.02. The van der Waals surface area contributed by atoms with Crippen molar-refractivity contribution in [3.8, 4) is 5.82 Å². The minimum Gasteiger partial charge on any atom is -0.464 e. The second kappa shape index (κ2) is 4.72. The fourth-order valence-electron chi connectivity index (χ4n) is 1.28. The maximum atomic E-state index is 11.7. The summed E-state index contributed by atoms with van der Waals surface area (Å²) in [7, 11) is 2.26. The van der Waals surface area contributed by atoms with Crippen molar-refractivity contribution in [3.63, 3.8) is 0 Å². The monoisotopic (exact) mass is 268 g/mol. The fourth-order valence-corrected chi connectivity index (χ4v) is 1.28. The van der Waals surface area contributed by atoms with Gasteiger partial charge in [-0.1, -0.05) is 5.21 Å². The molecule has 2 aromatic rings. The van der Waals surface area contributed by atoms with E-state index >= 15 is 0 Å². The van der Waals surface area contributed by atoms with Gasteiger partial charge in [-0.05, 0) is 10.3 Å². The van der Waals surface area contributed by atoms with E-state index in [0.29, 0.717) is 0 Å². The van der Waals surface area contributed by atoms with Crippen molar-refractivity contribution >= 4 is 17.8 Å². The predicted octanol–water partition coefficient (Wildman–Crippen LogP) is -1.19. The van der Waals surface area contributed by atoms with Gasteiger partial charge in [0.2, 0.25) is 17.3 Å². The molecule has 0 saturated carbocycles. The van der Waals surface area contributed by atoms with Gasteiger partial charge in [-0.2, -0.15) is 4.68 Å². The standard InChI is InChI=1S/C8H8N6O5/c1-17-7(15)3-4(8(16)18-2)14(13-10-3)6-5(9)11-19-12-6/h1-2H3,(H2,9,11). The third-order valence-corrected chi connectivity index (χ3v) is 2.12. The second-order valence-corrected chi connectivity index (χ2v) is 3.15. The number of methoxy groups -OCH3 is 2. The first kappa shape index (κ1) is 12.5. The molecule has 100 valence electrons. The van der Waals surface area contributed by atoms with Crippen molar-refractivity contribution in [2.75, 3.05) is 20.0 Å². The Morgan fingerprint density at radius 1 is 1.21 bits per heavy atom. The Balaban J connectivity index is 2.63. The molecule has 0 saturated heterocycles. The third-order valence-electron chi connectivity index (χ3n) is 2.12. The van der Waals surface area contributed by atoms with Crippen LogP contribution in [0.2, 0.25) is 0 Å². The molecule has 11 heteroatoms. The Morgan fingerprint density at radius 3 is 2.42 bits per heavy atom. The molecule has 0 aliphatic rings. The van der Waals surface area contributed by atoms with Crippen molar-refractivity contribution in [3.05, 3.63) is 11.4 Å². The number of anilines is 1. The van der Waals surface area contributed by atoms with E-state index in [-0.39, 0.29) is 23.0 Å². The van der Waals surface area contributed by atoms with E-state index < -0.39 is 11.9 Å². The average Bonchev–Trinajstić information content (AvgIpc) is 3.02. The zero-order valence-electron chi connectivity index (χ0n) is 9.85. The summed E-state index contributed by atoms with van der Waals surface area (Å²) in [5, 5.41) is 13.9. The van der Waals surface area contributed by atoms with Gasteiger partial charge in [-0.3, -0.25) is 0 Å². The van der Waals surface area contributed by atoms with E-state index in [4.69, 9.17) is 5.73 Å². The number of rotatable bonds is 3. The Morgan fingerprint density at radius 2 is 1.89 bits per heavy atom. The van der Waals surface area contributed by atoms with Crippen LogP contribution in [0.1, 0.15) is 21.0 Å². The zero-order valence-corrected chi connectivity index (χ0v) is 9.85. The summed E-state index contributed by atoms with van der Waals surface area (Å²) in [6.07, 6.45) is 0. The van der Waals surface area contributed by atoms with E-state index in [9.17, 15) is 9.59 Å². The molecule has 11 nitrogen and oxygen atoms in total. The van der Waals surface area contributed by atoms with Crippen molar-refractivity contribution < 1.29 is 23.7 Å². The lowest BCUT2D eigenvalue weighted by Crippen LogP contribution is -2.16.